The average Bonchev–Trinajstić information content (AvgIpc) is 2.55. The highest BCUT2D eigenvalue weighted by molar-refractivity contribution is 7.89. The number of benzene rings is 2. The molecule has 0 saturated heterocycles. The fraction of sp³-hybridized carbons (Fsp3) is 0.294. The number of hydrogen-bond donors (Lipinski definition) is 1. The second-order valence-corrected chi connectivity index (χ2v) is 6.81. The molecule has 0 saturated carbocycles. The Morgan fingerprint density at radius 3 is 2.35 bits per heavy atom. The zero-order chi connectivity index (χ0) is 16.9. The van der Waals surface area contributed by atoms with Gasteiger partial charge in [0.15, 0.2) is 0 Å². The summed E-state index contributed by atoms with van der Waals surface area (Å²) >= 11 is 0. The average molecular weight is 335 g/mol. The lowest BCUT2D eigenvalue weighted by Crippen LogP contribution is -2.29. The van der Waals surface area contributed by atoms with Crippen molar-refractivity contribution in [2.24, 2.45) is 0 Å². The van der Waals surface area contributed by atoms with E-state index in [4.69, 9.17) is 9.47 Å². The second kappa shape index (κ2) is 7.48. The van der Waals surface area contributed by atoms with Crippen LogP contribution in [0.25, 0.3) is 0 Å². The third kappa shape index (κ3) is 4.24. The van der Waals surface area contributed by atoms with Crippen LogP contribution in [0.4, 0.5) is 0 Å². The van der Waals surface area contributed by atoms with E-state index in [1.807, 2.05) is 37.3 Å². The predicted octanol–water partition coefficient (Wildman–Crippen LogP) is 2.67. The van der Waals surface area contributed by atoms with Crippen molar-refractivity contribution in [2.45, 2.75) is 18.7 Å². The summed E-state index contributed by atoms with van der Waals surface area (Å²) in [7, 11) is -2.01. The topological polar surface area (TPSA) is 64.6 Å². The zero-order valence-electron chi connectivity index (χ0n) is 13.5. The van der Waals surface area contributed by atoms with Gasteiger partial charge < -0.3 is 9.47 Å². The first-order chi connectivity index (χ1) is 11.0. The summed E-state index contributed by atoms with van der Waals surface area (Å²) in [6, 6.07) is 12.5. The third-order valence-electron chi connectivity index (χ3n) is 3.60. The van der Waals surface area contributed by atoms with E-state index in [0.717, 1.165) is 5.56 Å². The summed E-state index contributed by atoms with van der Waals surface area (Å²) < 4.78 is 38.1. The van der Waals surface area contributed by atoms with Crippen molar-refractivity contribution in [3.8, 4) is 11.5 Å². The van der Waals surface area contributed by atoms with Crippen molar-refractivity contribution >= 4 is 10.0 Å². The Kier molecular flexibility index (Phi) is 5.63. The number of ether oxygens (including phenoxy) is 2. The van der Waals surface area contributed by atoms with Gasteiger partial charge in [-0.2, -0.15) is 0 Å². The van der Waals surface area contributed by atoms with E-state index in [1.165, 1.54) is 0 Å². The maximum absolute atomic E-state index is 12.4. The molecule has 0 aliphatic carbocycles. The number of sulfonamides is 1. The molecule has 0 aliphatic heterocycles. The van der Waals surface area contributed by atoms with Gasteiger partial charge in [-0.05, 0) is 49.2 Å². The quantitative estimate of drug-likeness (QED) is 0.790. The van der Waals surface area contributed by atoms with Crippen molar-refractivity contribution < 1.29 is 17.9 Å². The van der Waals surface area contributed by atoms with Crippen molar-refractivity contribution in [1.29, 1.82) is 0 Å². The van der Waals surface area contributed by atoms with Crippen LogP contribution in [0.1, 0.15) is 11.1 Å². The number of hydrogen-bond acceptors (Lipinski definition) is 4. The molecule has 23 heavy (non-hydrogen) atoms. The summed E-state index contributed by atoms with van der Waals surface area (Å²) in [4.78, 5) is 0.260. The number of methoxy groups -OCH3 is 1. The Morgan fingerprint density at radius 2 is 1.70 bits per heavy atom. The molecule has 0 spiro atoms. The summed E-state index contributed by atoms with van der Waals surface area (Å²) in [6.07, 6.45) is 0. The lowest BCUT2D eigenvalue weighted by molar-refractivity contribution is 0.323. The van der Waals surface area contributed by atoms with E-state index in [9.17, 15) is 8.42 Å². The van der Waals surface area contributed by atoms with Crippen molar-refractivity contribution in [1.82, 2.24) is 4.72 Å². The number of para-hydroxylation sites is 1. The van der Waals surface area contributed by atoms with Gasteiger partial charge in [-0.1, -0.05) is 18.2 Å². The van der Waals surface area contributed by atoms with Gasteiger partial charge in [0.05, 0.1) is 12.0 Å². The molecule has 0 aromatic heterocycles. The van der Waals surface area contributed by atoms with Crippen molar-refractivity contribution in [3.05, 3.63) is 53.6 Å². The van der Waals surface area contributed by atoms with E-state index < -0.39 is 10.0 Å². The summed E-state index contributed by atoms with van der Waals surface area (Å²) in [5.41, 5.74) is 1.50. The molecule has 0 amide bonds. The van der Waals surface area contributed by atoms with Crippen LogP contribution in [0.15, 0.2) is 47.4 Å². The lowest BCUT2D eigenvalue weighted by atomic mass is 10.1. The minimum Gasteiger partial charge on any atom is -0.496 e. The lowest BCUT2D eigenvalue weighted by Gasteiger charge is -2.14. The van der Waals surface area contributed by atoms with Crippen LogP contribution in [-0.4, -0.2) is 28.7 Å². The Labute approximate surface area is 137 Å². The molecular weight excluding hydrogens is 314 g/mol. The number of rotatable bonds is 7. The van der Waals surface area contributed by atoms with Gasteiger partial charge in [-0.15, -0.1) is 0 Å². The summed E-state index contributed by atoms with van der Waals surface area (Å²) in [5.74, 6) is 1.39. The minimum absolute atomic E-state index is 0.196. The van der Waals surface area contributed by atoms with Gasteiger partial charge in [0.25, 0.3) is 0 Å². The monoisotopic (exact) mass is 335 g/mol. The van der Waals surface area contributed by atoms with Crippen molar-refractivity contribution in [2.75, 3.05) is 20.3 Å². The Morgan fingerprint density at radius 1 is 1.00 bits per heavy atom. The molecule has 0 radical (unpaired) electrons. The van der Waals surface area contributed by atoms with E-state index in [0.29, 0.717) is 17.1 Å². The third-order valence-corrected chi connectivity index (χ3v) is 5.21. The highest BCUT2D eigenvalue weighted by Gasteiger charge is 2.19. The smallest absolute Gasteiger partial charge is 0.240 e. The molecule has 124 valence electrons. The maximum Gasteiger partial charge on any atom is 0.240 e. The van der Waals surface area contributed by atoms with Crippen LogP contribution in [0, 0.1) is 13.8 Å². The van der Waals surface area contributed by atoms with Gasteiger partial charge in [0.2, 0.25) is 10.0 Å². The van der Waals surface area contributed by atoms with E-state index in [2.05, 4.69) is 4.72 Å². The molecule has 0 unspecified atom stereocenters. The molecule has 0 aliphatic rings. The maximum atomic E-state index is 12.4. The summed E-state index contributed by atoms with van der Waals surface area (Å²) in [5, 5.41) is 0. The molecular formula is C17H21NO4S. The Balaban J connectivity index is 2.01. The molecule has 2 rings (SSSR count). The first-order valence-corrected chi connectivity index (χ1v) is 8.75. The predicted molar refractivity (Wildman–Crippen MR) is 89.6 cm³/mol. The molecule has 2 aromatic carbocycles. The first kappa shape index (κ1) is 17.3. The van der Waals surface area contributed by atoms with E-state index in [-0.39, 0.29) is 18.0 Å². The Bertz CT molecular complexity index is 758. The molecule has 6 heteroatoms. The second-order valence-electron chi connectivity index (χ2n) is 5.08. The van der Waals surface area contributed by atoms with Crippen LogP contribution < -0.4 is 14.2 Å². The standard InChI is InChI=1S/C17H21NO4S/c1-13-14(2)17(10-9-16(13)21-3)23(19,20)18-11-12-22-15-7-5-4-6-8-15/h4-10,18H,11-12H2,1-3H3. The largest absolute Gasteiger partial charge is 0.496 e. The molecule has 0 atom stereocenters. The van der Waals surface area contributed by atoms with E-state index in [1.54, 1.807) is 26.2 Å². The SMILES string of the molecule is COc1ccc(S(=O)(=O)NCCOc2ccccc2)c(C)c1C. The fourth-order valence-corrected chi connectivity index (χ4v) is 3.53. The van der Waals surface area contributed by atoms with Crippen LogP contribution in [0.5, 0.6) is 11.5 Å². The molecule has 1 N–H and O–H groups in total. The minimum atomic E-state index is -3.58. The number of nitrogens with one attached hydrogen (secondary N) is 1. The molecule has 0 bridgehead atoms. The summed E-state index contributed by atoms with van der Waals surface area (Å²) in [6.45, 7) is 4.07. The van der Waals surface area contributed by atoms with Crippen LogP contribution in [-0.2, 0) is 10.0 Å². The Hall–Kier alpha value is -2.05. The van der Waals surface area contributed by atoms with Crippen LogP contribution >= 0.6 is 0 Å². The highest BCUT2D eigenvalue weighted by Crippen LogP contribution is 2.26. The van der Waals surface area contributed by atoms with Crippen LogP contribution in [0.2, 0.25) is 0 Å². The van der Waals surface area contributed by atoms with Gasteiger partial charge >= 0.3 is 0 Å². The molecule has 5 nitrogen and oxygen atoms in total. The highest BCUT2D eigenvalue weighted by atomic mass is 32.2. The first-order valence-electron chi connectivity index (χ1n) is 7.27. The van der Waals surface area contributed by atoms with Crippen LogP contribution in [0.3, 0.4) is 0 Å². The molecule has 2 aromatic rings. The van der Waals surface area contributed by atoms with Gasteiger partial charge in [0.1, 0.15) is 18.1 Å². The normalized spacial score (nSPS) is 11.3. The fourth-order valence-electron chi connectivity index (χ4n) is 2.22. The van der Waals surface area contributed by atoms with Gasteiger partial charge in [-0.25, -0.2) is 13.1 Å². The van der Waals surface area contributed by atoms with E-state index >= 15 is 0 Å². The van der Waals surface area contributed by atoms with Gasteiger partial charge in [0, 0.05) is 6.54 Å². The molecule has 0 heterocycles. The van der Waals surface area contributed by atoms with Gasteiger partial charge in [-0.3, -0.25) is 0 Å². The molecule has 0 fully saturated rings. The zero-order valence-corrected chi connectivity index (χ0v) is 14.3. The van der Waals surface area contributed by atoms with Crippen molar-refractivity contribution in [3.63, 3.8) is 0 Å².